The number of nitrogens with one attached hydrogen (secondary N) is 1. The van der Waals surface area contributed by atoms with Gasteiger partial charge in [-0.25, -0.2) is 0 Å². The second kappa shape index (κ2) is 8.54. The Morgan fingerprint density at radius 1 is 1.26 bits per heavy atom. The van der Waals surface area contributed by atoms with Crippen LogP contribution in [0.15, 0.2) is 47.3 Å². The summed E-state index contributed by atoms with van der Waals surface area (Å²) in [5, 5.41) is 12.3. The number of carbonyl (C=O) groups is 1. The summed E-state index contributed by atoms with van der Waals surface area (Å²) >= 11 is 2.87. The molecule has 0 bridgehead atoms. The Labute approximate surface area is 167 Å². The molecule has 1 aromatic carbocycles. The molecule has 2 aromatic heterocycles. The van der Waals surface area contributed by atoms with E-state index in [1.54, 1.807) is 0 Å². The molecule has 0 radical (unpaired) electrons. The lowest BCUT2D eigenvalue weighted by molar-refractivity contribution is 0.102. The molecule has 0 aliphatic rings. The molecule has 3 aromatic rings. The predicted octanol–water partition coefficient (Wildman–Crippen LogP) is 5.17. The number of aromatic nitrogens is 3. The second-order valence-corrected chi connectivity index (χ2v) is 8.46. The van der Waals surface area contributed by atoms with Crippen molar-refractivity contribution in [3.8, 4) is 0 Å². The van der Waals surface area contributed by atoms with Gasteiger partial charge in [-0.15, -0.1) is 16.8 Å². The van der Waals surface area contributed by atoms with Gasteiger partial charge in [0.25, 0.3) is 0 Å². The van der Waals surface area contributed by atoms with Crippen molar-refractivity contribution in [1.29, 1.82) is 0 Å². The molecule has 0 saturated carbocycles. The van der Waals surface area contributed by atoms with Crippen molar-refractivity contribution in [3.63, 3.8) is 0 Å². The van der Waals surface area contributed by atoms with E-state index in [2.05, 4.69) is 33.6 Å². The minimum absolute atomic E-state index is 0.103. The molecule has 2 heterocycles. The van der Waals surface area contributed by atoms with Gasteiger partial charge in [0.15, 0.2) is 10.1 Å². The lowest BCUT2D eigenvalue weighted by Crippen LogP contribution is -2.06. The van der Waals surface area contributed by atoms with E-state index in [0.29, 0.717) is 12.3 Å². The van der Waals surface area contributed by atoms with Gasteiger partial charge in [0, 0.05) is 29.2 Å². The van der Waals surface area contributed by atoms with E-state index in [0.717, 1.165) is 32.1 Å². The maximum atomic E-state index is 12.6. The summed E-state index contributed by atoms with van der Waals surface area (Å²) < 4.78 is 2.87. The number of aryl methyl sites for hydroxylation is 2. The van der Waals surface area contributed by atoms with Crippen molar-refractivity contribution in [3.05, 3.63) is 65.5 Å². The number of hydrogen-bond donors (Lipinski definition) is 1. The summed E-state index contributed by atoms with van der Waals surface area (Å²) in [6, 6.07) is 10.0. The zero-order valence-electron chi connectivity index (χ0n) is 15.7. The number of hydrogen-bond acceptors (Lipinski definition) is 6. The molecule has 1 N–H and O–H groups in total. The van der Waals surface area contributed by atoms with Gasteiger partial charge in [0.1, 0.15) is 0 Å². The highest BCUT2D eigenvalue weighted by Gasteiger charge is 2.16. The van der Waals surface area contributed by atoms with Crippen LogP contribution >= 0.6 is 23.1 Å². The van der Waals surface area contributed by atoms with Crippen LogP contribution in [-0.4, -0.2) is 26.3 Å². The van der Waals surface area contributed by atoms with Crippen LogP contribution in [-0.2, 0) is 6.54 Å². The monoisotopic (exact) mass is 398 g/mol. The number of nitrogens with zero attached hydrogens (tertiary/aromatic N) is 3. The molecule has 0 aliphatic heterocycles. The van der Waals surface area contributed by atoms with E-state index in [1.807, 2.05) is 50.3 Å². The number of ketones is 1. The van der Waals surface area contributed by atoms with Gasteiger partial charge >= 0.3 is 0 Å². The fraction of sp³-hybridized carbons (Fsp3) is 0.250. The first kappa shape index (κ1) is 19.4. The molecule has 0 atom stereocenters. The molecular weight excluding hydrogens is 376 g/mol. The highest BCUT2D eigenvalue weighted by atomic mass is 32.2. The standard InChI is InChI=1S/C20H22N4OS2/c1-5-10-24-14(3)11-17(15(24)4)18(25)12-26-20-23-22-19(27-20)21-16-8-6-13(2)7-9-16/h5-9,11H,1,10,12H2,2-4H3,(H,21,22). The largest absolute Gasteiger partial charge is 0.345 e. The van der Waals surface area contributed by atoms with E-state index in [4.69, 9.17) is 0 Å². The SMILES string of the molecule is C=CCn1c(C)cc(C(=O)CSc2nnc(Nc3ccc(C)cc3)s2)c1C. The minimum atomic E-state index is 0.103. The first-order valence-corrected chi connectivity index (χ1v) is 10.4. The Kier molecular flexibility index (Phi) is 6.13. The molecule has 5 nitrogen and oxygen atoms in total. The van der Waals surface area contributed by atoms with Gasteiger partial charge in [0.05, 0.1) is 5.75 Å². The van der Waals surface area contributed by atoms with Crippen LogP contribution in [0.3, 0.4) is 0 Å². The van der Waals surface area contributed by atoms with Gasteiger partial charge in [0.2, 0.25) is 5.13 Å². The van der Waals surface area contributed by atoms with Crippen molar-refractivity contribution in [1.82, 2.24) is 14.8 Å². The first-order chi connectivity index (χ1) is 13.0. The maximum absolute atomic E-state index is 12.6. The molecule has 0 aliphatic carbocycles. The summed E-state index contributed by atoms with van der Waals surface area (Å²) in [6.45, 7) is 10.5. The molecule has 0 saturated heterocycles. The first-order valence-electron chi connectivity index (χ1n) is 8.58. The van der Waals surface area contributed by atoms with Crippen LogP contribution in [0.4, 0.5) is 10.8 Å². The summed E-state index contributed by atoms with van der Waals surface area (Å²) in [5.74, 6) is 0.448. The van der Waals surface area contributed by atoms with Crippen LogP contribution < -0.4 is 5.32 Å². The van der Waals surface area contributed by atoms with Crippen molar-refractivity contribution in [2.24, 2.45) is 0 Å². The average Bonchev–Trinajstić information content (AvgIpc) is 3.21. The lowest BCUT2D eigenvalue weighted by Gasteiger charge is -2.05. The Hall–Kier alpha value is -2.38. The second-order valence-electron chi connectivity index (χ2n) is 6.26. The average molecular weight is 399 g/mol. The zero-order chi connectivity index (χ0) is 19.4. The number of anilines is 2. The zero-order valence-corrected chi connectivity index (χ0v) is 17.3. The van der Waals surface area contributed by atoms with Crippen LogP contribution in [0.1, 0.15) is 27.3 Å². The van der Waals surface area contributed by atoms with Gasteiger partial charge < -0.3 is 9.88 Å². The number of thioether (sulfide) groups is 1. The van der Waals surface area contributed by atoms with Gasteiger partial charge in [-0.3, -0.25) is 4.79 Å². The lowest BCUT2D eigenvalue weighted by atomic mass is 10.2. The fourth-order valence-electron chi connectivity index (χ4n) is 2.78. The Morgan fingerprint density at radius 3 is 2.70 bits per heavy atom. The normalized spacial score (nSPS) is 10.8. The van der Waals surface area contributed by atoms with Crippen molar-refractivity contribution < 1.29 is 4.79 Å². The van der Waals surface area contributed by atoms with E-state index in [9.17, 15) is 4.79 Å². The van der Waals surface area contributed by atoms with Gasteiger partial charge in [-0.05, 0) is 39.0 Å². The van der Waals surface area contributed by atoms with Crippen LogP contribution in [0.5, 0.6) is 0 Å². The highest BCUT2D eigenvalue weighted by Crippen LogP contribution is 2.29. The molecule has 0 amide bonds. The van der Waals surface area contributed by atoms with Crippen LogP contribution in [0.25, 0.3) is 0 Å². The molecule has 3 rings (SSSR count). The highest BCUT2D eigenvalue weighted by molar-refractivity contribution is 8.01. The Morgan fingerprint density at radius 2 is 2.00 bits per heavy atom. The van der Waals surface area contributed by atoms with Crippen molar-refractivity contribution >= 4 is 39.7 Å². The third-order valence-corrected chi connectivity index (χ3v) is 6.19. The van der Waals surface area contributed by atoms with Gasteiger partial charge in [-0.1, -0.05) is 46.9 Å². The molecule has 0 fully saturated rings. The van der Waals surface area contributed by atoms with Crippen molar-refractivity contribution in [2.45, 2.75) is 31.7 Å². The summed E-state index contributed by atoms with van der Waals surface area (Å²) in [7, 11) is 0. The predicted molar refractivity (Wildman–Crippen MR) is 114 cm³/mol. The number of carbonyl (C=O) groups excluding carboxylic acids is 1. The van der Waals surface area contributed by atoms with E-state index < -0.39 is 0 Å². The van der Waals surface area contributed by atoms with Gasteiger partial charge in [-0.2, -0.15) is 0 Å². The Balaban J connectivity index is 1.61. The van der Waals surface area contributed by atoms with Crippen molar-refractivity contribution in [2.75, 3.05) is 11.1 Å². The minimum Gasteiger partial charge on any atom is -0.345 e. The third-order valence-electron chi connectivity index (χ3n) is 4.22. The quantitative estimate of drug-likeness (QED) is 0.322. The van der Waals surface area contributed by atoms with Crippen LogP contribution in [0, 0.1) is 20.8 Å². The fourth-order valence-corrected chi connectivity index (χ4v) is 4.43. The van der Waals surface area contributed by atoms with E-state index in [1.165, 1.54) is 28.7 Å². The molecule has 7 heteroatoms. The third kappa shape index (κ3) is 4.67. The number of allylic oxidation sites excluding steroid dienone is 1. The molecular formula is C20H22N4OS2. The summed E-state index contributed by atoms with van der Waals surface area (Å²) in [5.41, 5.74) is 5.00. The topological polar surface area (TPSA) is 59.8 Å². The molecule has 27 heavy (non-hydrogen) atoms. The summed E-state index contributed by atoms with van der Waals surface area (Å²) in [6.07, 6.45) is 1.84. The maximum Gasteiger partial charge on any atom is 0.210 e. The van der Waals surface area contributed by atoms with E-state index >= 15 is 0 Å². The number of rotatable bonds is 8. The molecule has 0 spiro atoms. The number of Topliss-reactive ketones (excluding diaryl/α,β-unsaturated/α-hetero) is 1. The molecule has 140 valence electrons. The van der Waals surface area contributed by atoms with E-state index in [-0.39, 0.29) is 5.78 Å². The Bertz CT molecular complexity index is 957. The molecule has 0 unspecified atom stereocenters. The summed E-state index contributed by atoms with van der Waals surface area (Å²) in [4.78, 5) is 12.6. The number of benzene rings is 1. The smallest absolute Gasteiger partial charge is 0.210 e. The van der Waals surface area contributed by atoms with Crippen LogP contribution in [0.2, 0.25) is 0 Å².